The van der Waals surface area contributed by atoms with E-state index in [-0.39, 0.29) is 6.10 Å². The highest BCUT2D eigenvalue weighted by molar-refractivity contribution is 6.30. The van der Waals surface area contributed by atoms with Gasteiger partial charge in [-0.05, 0) is 56.3 Å². The Balaban J connectivity index is 1.48. The molecule has 1 aliphatic heterocycles. The molecule has 1 N–H and O–H groups in total. The Labute approximate surface area is 143 Å². The van der Waals surface area contributed by atoms with Crippen molar-refractivity contribution in [3.8, 4) is 0 Å². The molecule has 1 unspecified atom stereocenters. The largest absolute Gasteiger partial charge is 0.396 e. The van der Waals surface area contributed by atoms with E-state index in [0.717, 1.165) is 42.1 Å². The standard InChI is InChI=1S/C18H25ClN2O2/c1-21(16-8-2-13(12-22)3-9-16)11-17-10-18(20-23-17)14-4-6-15(19)7-5-14/h4-7,13,16-17,22H,2-3,8-12H2,1H3. The number of halogens is 1. The molecule has 0 radical (unpaired) electrons. The van der Waals surface area contributed by atoms with Gasteiger partial charge in [0.25, 0.3) is 0 Å². The average Bonchev–Trinajstić information content (AvgIpc) is 3.04. The smallest absolute Gasteiger partial charge is 0.145 e. The summed E-state index contributed by atoms with van der Waals surface area (Å²) in [6.07, 6.45) is 5.56. The lowest BCUT2D eigenvalue weighted by Gasteiger charge is -2.34. The van der Waals surface area contributed by atoms with E-state index in [9.17, 15) is 5.11 Å². The first-order valence-corrected chi connectivity index (χ1v) is 8.83. The van der Waals surface area contributed by atoms with E-state index in [1.54, 1.807) is 0 Å². The Morgan fingerprint density at radius 2 is 1.91 bits per heavy atom. The second kappa shape index (κ2) is 7.65. The summed E-state index contributed by atoms with van der Waals surface area (Å²) in [4.78, 5) is 8.03. The molecule has 0 saturated heterocycles. The predicted molar refractivity (Wildman–Crippen MR) is 92.9 cm³/mol. The fraction of sp³-hybridized carbons (Fsp3) is 0.611. The number of oxime groups is 1. The first-order valence-electron chi connectivity index (χ1n) is 8.45. The zero-order chi connectivity index (χ0) is 16.2. The number of aliphatic hydroxyl groups excluding tert-OH is 1. The Kier molecular flexibility index (Phi) is 5.57. The number of likely N-dealkylation sites (N-methyl/N-ethyl adjacent to an activating group) is 1. The fourth-order valence-corrected chi connectivity index (χ4v) is 3.70. The molecule has 1 heterocycles. The predicted octanol–water partition coefficient (Wildman–Crippen LogP) is 3.32. The van der Waals surface area contributed by atoms with Crippen LogP contribution in [0.15, 0.2) is 29.4 Å². The van der Waals surface area contributed by atoms with Gasteiger partial charge in [-0.3, -0.25) is 4.90 Å². The molecule has 5 heteroatoms. The molecule has 1 aromatic carbocycles. The SMILES string of the molecule is CN(CC1CC(c2ccc(Cl)cc2)=NO1)C1CCC(CO)CC1. The number of rotatable bonds is 5. The van der Waals surface area contributed by atoms with Crippen LogP contribution in [0.3, 0.4) is 0 Å². The van der Waals surface area contributed by atoms with E-state index in [4.69, 9.17) is 16.4 Å². The zero-order valence-corrected chi connectivity index (χ0v) is 14.4. The van der Waals surface area contributed by atoms with Crippen LogP contribution in [-0.4, -0.2) is 48.1 Å². The van der Waals surface area contributed by atoms with Gasteiger partial charge in [0.2, 0.25) is 0 Å². The molecule has 1 fully saturated rings. The van der Waals surface area contributed by atoms with E-state index in [0.29, 0.717) is 18.6 Å². The van der Waals surface area contributed by atoms with Crippen LogP contribution in [0.5, 0.6) is 0 Å². The summed E-state index contributed by atoms with van der Waals surface area (Å²) >= 11 is 5.93. The quantitative estimate of drug-likeness (QED) is 0.897. The van der Waals surface area contributed by atoms with E-state index >= 15 is 0 Å². The van der Waals surface area contributed by atoms with Crippen LogP contribution in [0.2, 0.25) is 5.02 Å². The molecular weight excluding hydrogens is 312 g/mol. The summed E-state index contributed by atoms with van der Waals surface area (Å²) in [5.41, 5.74) is 2.09. The molecule has 1 saturated carbocycles. The van der Waals surface area contributed by atoms with Crippen molar-refractivity contribution in [2.24, 2.45) is 11.1 Å². The first-order chi connectivity index (χ1) is 11.2. The van der Waals surface area contributed by atoms with Gasteiger partial charge in [-0.15, -0.1) is 0 Å². The monoisotopic (exact) mass is 336 g/mol. The van der Waals surface area contributed by atoms with Crippen molar-refractivity contribution in [2.45, 2.75) is 44.2 Å². The van der Waals surface area contributed by atoms with E-state index in [1.165, 1.54) is 12.8 Å². The van der Waals surface area contributed by atoms with Gasteiger partial charge in [0.1, 0.15) is 6.10 Å². The van der Waals surface area contributed by atoms with Gasteiger partial charge in [0.05, 0.1) is 5.71 Å². The highest BCUT2D eigenvalue weighted by Crippen LogP contribution is 2.27. The number of aliphatic hydroxyl groups is 1. The lowest BCUT2D eigenvalue weighted by Crippen LogP contribution is -2.40. The minimum atomic E-state index is 0.126. The molecule has 1 aromatic rings. The van der Waals surface area contributed by atoms with Gasteiger partial charge in [-0.2, -0.15) is 0 Å². The van der Waals surface area contributed by atoms with Crippen molar-refractivity contribution in [2.75, 3.05) is 20.2 Å². The second-order valence-corrected chi connectivity index (χ2v) is 7.21. The number of hydrogen-bond acceptors (Lipinski definition) is 4. The molecule has 3 rings (SSSR count). The molecule has 0 bridgehead atoms. The van der Waals surface area contributed by atoms with Crippen LogP contribution in [-0.2, 0) is 4.84 Å². The van der Waals surface area contributed by atoms with Gasteiger partial charge in [0.15, 0.2) is 0 Å². The minimum Gasteiger partial charge on any atom is -0.396 e. The van der Waals surface area contributed by atoms with Gasteiger partial charge >= 0.3 is 0 Å². The molecule has 126 valence electrons. The Bertz CT molecular complexity index is 538. The minimum absolute atomic E-state index is 0.126. The van der Waals surface area contributed by atoms with Crippen LogP contribution in [0.4, 0.5) is 0 Å². The second-order valence-electron chi connectivity index (χ2n) is 6.77. The van der Waals surface area contributed by atoms with Crippen molar-refractivity contribution < 1.29 is 9.94 Å². The maximum atomic E-state index is 9.24. The highest BCUT2D eigenvalue weighted by atomic mass is 35.5. The molecule has 0 amide bonds. The van der Waals surface area contributed by atoms with Gasteiger partial charge in [-0.25, -0.2) is 0 Å². The average molecular weight is 337 g/mol. The van der Waals surface area contributed by atoms with Crippen molar-refractivity contribution in [1.29, 1.82) is 0 Å². The first kappa shape index (κ1) is 16.7. The fourth-order valence-electron chi connectivity index (χ4n) is 3.58. The topological polar surface area (TPSA) is 45.1 Å². The summed E-state index contributed by atoms with van der Waals surface area (Å²) in [5.74, 6) is 0.502. The molecular formula is C18H25ClN2O2. The molecule has 1 aliphatic carbocycles. The number of nitrogens with zero attached hydrogens (tertiary/aromatic N) is 2. The van der Waals surface area contributed by atoms with Crippen LogP contribution < -0.4 is 0 Å². The summed E-state index contributed by atoms with van der Waals surface area (Å²) in [5, 5.41) is 14.2. The van der Waals surface area contributed by atoms with E-state index < -0.39 is 0 Å². The van der Waals surface area contributed by atoms with E-state index in [1.807, 2.05) is 24.3 Å². The highest BCUT2D eigenvalue weighted by Gasteiger charge is 2.28. The molecule has 0 aromatic heterocycles. The number of hydrogen-bond donors (Lipinski definition) is 1. The summed E-state index contributed by atoms with van der Waals surface area (Å²) in [6.45, 7) is 1.23. The zero-order valence-electron chi connectivity index (χ0n) is 13.6. The lowest BCUT2D eigenvalue weighted by atomic mass is 9.86. The van der Waals surface area contributed by atoms with Crippen molar-refractivity contribution in [3.05, 3.63) is 34.9 Å². The molecule has 4 nitrogen and oxygen atoms in total. The van der Waals surface area contributed by atoms with E-state index in [2.05, 4.69) is 17.1 Å². The maximum Gasteiger partial charge on any atom is 0.145 e. The van der Waals surface area contributed by atoms with Gasteiger partial charge in [-0.1, -0.05) is 28.9 Å². The summed E-state index contributed by atoms with van der Waals surface area (Å²) < 4.78 is 0. The van der Waals surface area contributed by atoms with Crippen LogP contribution in [0.1, 0.15) is 37.7 Å². The Hall–Kier alpha value is -1.10. The Morgan fingerprint density at radius 1 is 1.22 bits per heavy atom. The third-order valence-corrected chi connectivity index (χ3v) is 5.35. The summed E-state index contributed by atoms with van der Waals surface area (Å²) in [7, 11) is 2.17. The molecule has 0 spiro atoms. The molecule has 2 aliphatic rings. The van der Waals surface area contributed by atoms with Gasteiger partial charge in [0, 0.05) is 30.6 Å². The van der Waals surface area contributed by atoms with Gasteiger partial charge < -0.3 is 9.94 Å². The maximum absolute atomic E-state index is 9.24. The van der Waals surface area contributed by atoms with Crippen LogP contribution >= 0.6 is 11.6 Å². The normalized spacial score (nSPS) is 27.8. The Morgan fingerprint density at radius 3 is 2.57 bits per heavy atom. The lowest BCUT2D eigenvalue weighted by molar-refractivity contribution is 0.0373. The van der Waals surface area contributed by atoms with Crippen LogP contribution in [0, 0.1) is 5.92 Å². The molecule has 1 atom stereocenters. The third kappa shape index (κ3) is 4.25. The van der Waals surface area contributed by atoms with Crippen molar-refractivity contribution in [3.63, 3.8) is 0 Å². The van der Waals surface area contributed by atoms with Crippen molar-refractivity contribution >= 4 is 17.3 Å². The number of benzene rings is 1. The van der Waals surface area contributed by atoms with Crippen molar-refractivity contribution in [1.82, 2.24) is 4.90 Å². The molecule has 23 heavy (non-hydrogen) atoms. The third-order valence-electron chi connectivity index (χ3n) is 5.10. The summed E-state index contributed by atoms with van der Waals surface area (Å²) in [6, 6.07) is 8.36. The van der Waals surface area contributed by atoms with Crippen LogP contribution in [0.25, 0.3) is 0 Å².